The summed E-state index contributed by atoms with van der Waals surface area (Å²) in [6.07, 6.45) is 2.14. The van der Waals surface area contributed by atoms with Gasteiger partial charge in [-0.05, 0) is 44.0 Å². The standard InChI is InChI=1S/C18H17N3O/c1-18(2)12-17(22)21(20-18)16-11-10-15(19-13-16)9-8-14-6-4-3-5-7-14/h3-7,10-11,13,20H,12H2,1-2H3. The van der Waals surface area contributed by atoms with Crippen molar-refractivity contribution in [1.29, 1.82) is 0 Å². The topological polar surface area (TPSA) is 45.2 Å². The van der Waals surface area contributed by atoms with Crippen LogP contribution in [0.3, 0.4) is 0 Å². The lowest BCUT2D eigenvalue weighted by molar-refractivity contribution is -0.117. The van der Waals surface area contributed by atoms with Gasteiger partial charge in [0.2, 0.25) is 5.91 Å². The van der Waals surface area contributed by atoms with E-state index in [0.717, 1.165) is 11.3 Å². The van der Waals surface area contributed by atoms with Crippen LogP contribution in [0, 0.1) is 11.8 Å². The van der Waals surface area contributed by atoms with E-state index >= 15 is 0 Å². The molecule has 4 heteroatoms. The predicted molar refractivity (Wildman–Crippen MR) is 86.0 cm³/mol. The van der Waals surface area contributed by atoms with Gasteiger partial charge >= 0.3 is 0 Å². The summed E-state index contributed by atoms with van der Waals surface area (Å²) in [4.78, 5) is 16.3. The summed E-state index contributed by atoms with van der Waals surface area (Å²) >= 11 is 0. The second-order valence-electron chi connectivity index (χ2n) is 5.92. The smallest absolute Gasteiger partial charge is 0.243 e. The molecule has 110 valence electrons. The molecule has 1 aromatic carbocycles. The molecule has 0 radical (unpaired) electrons. The van der Waals surface area contributed by atoms with E-state index in [1.54, 1.807) is 11.2 Å². The van der Waals surface area contributed by atoms with Crippen molar-refractivity contribution < 1.29 is 4.79 Å². The third-order valence-electron chi connectivity index (χ3n) is 3.37. The van der Waals surface area contributed by atoms with Crippen LogP contribution in [0.2, 0.25) is 0 Å². The number of rotatable bonds is 1. The Kier molecular flexibility index (Phi) is 3.66. The Morgan fingerprint density at radius 2 is 1.91 bits per heavy atom. The number of amides is 1. The van der Waals surface area contributed by atoms with Crippen LogP contribution >= 0.6 is 0 Å². The molecule has 1 amide bonds. The first-order chi connectivity index (χ1) is 10.5. The molecule has 0 aliphatic carbocycles. The summed E-state index contributed by atoms with van der Waals surface area (Å²) in [7, 11) is 0. The summed E-state index contributed by atoms with van der Waals surface area (Å²) in [5, 5.41) is 1.56. The molecule has 0 bridgehead atoms. The molecule has 4 nitrogen and oxygen atoms in total. The van der Waals surface area contributed by atoms with E-state index in [1.165, 1.54) is 0 Å². The van der Waals surface area contributed by atoms with Gasteiger partial charge in [-0.2, -0.15) is 0 Å². The summed E-state index contributed by atoms with van der Waals surface area (Å²) < 4.78 is 0. The molecule has 2 heterocycles. The van der Waals surface area contributed by atoms with Gasteiger partial charge in [0, 0.05) is 17.5 Å². The van der Waals surface area contributed by atoms with Gasteiger partial charge in [-0.25, -0.2) is 15.4 Å². The van der Waals surface area contributed by atoms with Crippen LogP contribution in [-0.2, 0) is 4.79 Å². The van der Waals surface area contributed by atoms with Crippen LogP contribution in [0.1, 0.15) is 31.5 Å². The number of carbonyl (C=O) groups excluding carboxylic acids is 1. The fourth-order valence-corrected chi connectivity index (χ4v) is 2.32. The van der Waals surface area contributed by atoms with Crippen molar-refractivity contribution in [2.45, 2.75) is 25.8 Å². The van der Waals surface area contributed by atoms with Crippen molar-refractivity contribution in [3.05, 3.63) is 59.9 Å². The molecule has 0 atom stereocenters. The maximum atomic E-state index is 12.0. The number of nitrogens with zero attached hydrogens (tertiary/aromatic N) is 2. The first-order valence-electron chi connectivity index (χ1n) is 7.17. The quantitative estimate of drug-likeness (QED) is 0.821. The predicted octanol–water partition coefficient (Wildman–Crippen LogP) is 2.50. The zero-order chi connectivity index (χ0) is 15.6. The molecule has 1 N–H and O–H groups in total. The molecule has 1 saturated heterocycles. The first-order valence-corrected chi connectivity index (χ1v) is 7.17. The van der Waals surface area contributed by atoms with Gasteiger partial charge in [-0.15, -0.1) is 0 Å². The van der Waals surface area contributed by atoms with Crippen LogP contribution in [0.25, 0.3) is 0 Å². The maximum Gasteiger partial charge on any atom is 0.243 e. The Balaban J connectivity index is 1.77. The van der Waals surface area contributed by atoms with Crippen LogP contribution < -0.4 is 10.4 Å². The van der Waals surface area contributed by atoms with Crippen molar-refractivity contribution in [1.82, 2.24) is 10.4 Å². The number of carbonyl (C=O) groups is 1. The Morgan fingerprint density at radius 3 is 2.50 bits per heavy atom. The lowest BCUT2D eigenvalue weighted by Crippen LogP contribution is -2.42. The van der Waals surface area contributed by atoms with Gasteiger partial charge in [0.25, 0.3) is 0 Å². The van der Waals surface area contributed by atoms with Crippen LogP contribution in [-0.4, -0.2) is 16.4 Å². The van der Waals surface area contributed by atoms with Gasteiger partial charge in [0.05, 0.1) is 11.9 Å². The number of pyridine rings is 1. The number of anilines is 1. The minimum atomic E-state index is -0.219. The highest BCUT2D eigenvalue weighted by Crippen LogP contribution is 2.23. The van der Waals surface area contributed by atoms with E-state index in [-0.39, 0.29) is 11.4 Å². The van der Waals surface area contributed by atoms with E-state index in [2.05, 4.69) is 22.3 Å². The minimum absolute atomic E-state index is 0.0509. The minimum Gasteiger partial charge on any atom is -0.273 e. The number of aromatic nitrogens is 1. The highest BCUT2D eigenvalue weighted by atomic mass is 16.2. The Hall–Kier alpha value is -2.64. The zero-order valence-corrected chi connectivity index (χ0v) is 12.6. The summed E-state index contributed by atoms with van der Waals surface area (Å²) in [6, 6.07) is 13.5. The van der Waals surface area contributed by atoms with Gasteiger partial charge in [-0.3, -0.25) is 4.79 Å². The van der Waals surface area contributed by atoms with Crippen molar-refractivity contribution in [2.75, 3.05) is 5.01 Å². The molecule has 0 unspecified atom stereocenters. The van der Waals surface area contributed by atoms with Gasteiger partial charge < -0.3 is 0 Å². The van der Waals surface area contributed by atoms with E-state index in [9.17, 15) is 4.79 Å². The lowest BCUT2D eigenvalue weighted by Gasteiger charge is -2.21. The van der Waals surface area contributed by atoms with Crippen LogP contribution in [0.15, 0.2) is 48.7 Å². The number of hydrogen-bond donors (Lipinski definition) is 1. The Bertz CT molecular complexity index is 739. The fourth-order valence-electron chi connectivity index (χ4n) is 2.32. The van der Waals surface area contributed by atoms with E-state index in [1.807, 2.05) is 56.3 Å². The molecule has 1 aromatic heterocycles. The summed E-state index contributed by atoms with van der Waals surface area (Å²) in [6.45, 7) is 4.00. The monoisotopic (exact) mass is 291 g/mol. The molecule has 2 aromatic rings. The van der Waals surface area contributed by atoms with Gasteiger partial charge in [0.15, 0.2) is 0 Å². The van der Waals surface area contributed by atoms with Crippen molar-refractivity contribution >= 4 is 11.6 Å². The van der Waals surface area contributed by atoms with E-state index in [0.29, 0.717) is 12.1 Å². The molecular weight excluding hydrogens is 274 g/mol. The van der Waals surface area contributed by atoms with Crippen LogP contribution in [0.4, 0.5) is 5.69 Å². The van der Waals surface area contributed by atoms with E-state index in [4.69, 9.17) is 0 Å². The number of benzene rings is 1. The first kappa shape index (κ1) is 14.3. The molecule has 1 aliphatic rings. The highest BCUT2D eigenvalue weighted by Gasteiger charge is 2.36. The third kappa shape index (κ3) is 3.16. The molecule has 1 aliphatic heterocycles. The number of hydrogen-bond acceptors (Lipinski definition) is 3. The second kappa shape index (κ2) is 5.63. The molecule has 3 rings (SSSR count). The third-order valence-corrected chi connectivity index (χ3v) is 3.37. The van der Waals surface area contributed by atoms with Crippen molar-refractivity contribution in [2.24, 2.45) is 0 Å². The molecule has 1 fully saturated rings. The second-order valence-corrected chi connectivity index (χ2v) is 5.92. The molecule has 0 spiro atoms. The Labute approximate surface area is 130 Å². The largest absolute Gasteiger partial charge is 0.273 e. The van der Waals surface area contributed by atoms with Gasteiger partial charge in [-0.1, -0.05) is 24.1 Å². The highest BCUT2D eigenvalue weighted by molar-refractivity contribution is 5.95. The van der Waals surface area contributed by atoms with Crippen LogP contribution in [0.5, 0.6) is 0 Å². The zero-order valence-electron chi connectivity index (χ0n) is 12.6. The Morgan fingerprint density at radius 1 is 1.14 bits per heavy atom. The van der Waals surface area contributed by atoms with Crippen molar-refractivity contribution in [3.8, 4) is 11.8 Å². The average molecular weight is 291 g/mol. The summed E-state index contributed by atoms with van der Waals surface area (Å²) in [5.41, 5.74) is 5.33. The molecule has 0 saturated carbocycles. The number of nitrogens with one attached hydrogen (secondary N) is 1. The number of hydrazine groups is 1. The lowest BCUT2D eigenvalue weighted by atomic mass is 10.0. The average Bonchev–Trinajstić information content (AvgIpc) is 2.80. The fraction of sp³-hybridized carbons (Fsp3) is 0.222. The normalized spacial score (nSPS) is 16.3. The van der Waals surface area contributed by atoms with Crippen molar-refractivity contribution in [3.63, 3.8) is 0 Å². The SMILES string of the molecule is CC1(C)CC(=O)N(c2ccc(C#Cc3ccccc3)nc2)N1. The van der Waals surface area contributed by atoms with E-state index < -0.39 is 0 Å². The molecular formula is C18H17N3O. The van der Waals surface area contributed by atoms with Gasteiger partial charge in [0.1, 0.15) is 5.69 Å². The maximum absolute atomic E-state index is 12.0. The molecule has 22 heavy (non-hydrogen) atoms. The summed E-state index contributed by atoms with van der Waals surface area (Å²) in [5.74, 6) is 6.14.